The zero-order valence-electron chi connectivity index (χ0n) is 14.1. The van der Waals surface area contributed by atoms with Crippen molar-refractivity contribution in [2.24, 2.45) is 0 Å². The maximum atomic E-state index is 12.2. The molecule has 1 aromatic carbocycles. The predicted molar refractivity (Wildman–Crippen MR) is 93.3 cm³/mol. The number of benzene rings is 1. The summed E-state index contributed by atoms with van der Waals surface area (Å²) in [6.07, 6.45) is 3.41. The summed E-state index contributed by atoms with van der Waals surface area (Å²) in [4.78, 5) is 27.7. The van der Waals surface area contributed by atoms with Crippen LogP contribution < -0.4 is 20.7 Å². The summed E-state index contributed by atoms with van der Waals surface area (Å²) in [7, 11) is 0. The van der Waals surface area contributed by atoms with Crippen molar-refractivity contribution in [3.63, 3.8) is 0 Å². The number of carbonyl (C=O) groups excluding carboxylic acids is 2. The molecule has 0 bridgehead atoms. The van der Waals surface area contributed by atoms with Crippen LogP contribution in [0.4, 0.5) is 10.5 Å². The minimum Gasteiger partial charge on any atom is -0.482 e. The highest BCUT2D eigenvalue weighted by Gasteiger charge is 2.18. The molecule has 1 aliphatic rings. The number of nitrogens with zero attached hydrogens (tertiary/aromatic N) is 1. The molecule has 2 heterocycles. The molecule has 0 radical (unpaired) electrons. The van der Waals surface area contributed by atoms with Gasteiger partial charge < -0.3 is 20.7 Å². The van der Waals surface area contributed by atoms with E-state index in [2.05, 4.69) is 20.9 Å². The van der Waals surface area contributed by atoms with Gasteiger partial charge in [-0.25, -0.2) is 4.79 Å². The summed E-state index contributed by atoms with van der Waals surface area (Å²) in [6, 6.07) is 8.54. The molecular formula is C18H20N4O3. The Kier molecular flexibility index (Phi) is 4.83. The van der Waals surface area contributed by atoms with Gasteiger partial charge in [0.2, 0.25) is 0 Å². The van der Waals surface area contributed by atoms with Crippen molar-refractivity contribution in [1.82, 2.24) is 15.6 Å². The van der Waals surface area contributed by atoms with Gasteiger partial charge in [0.25, 0.3) is 5.91 Å². The van der Waals surface area contributed by atoms with E-state index in [1.54, 1.807) is 18.5 Å². The number of rotatable bonds is 4. The quantitative estimate of drug-likeness (QED) is 0.797. The largest absolute Gasteiger partial charge is 0.482 e. The van der Waals surface area contributed by atoms with E-state index in [1.165, 1.54) is 0 Å². The molecule has 2 atom stereocenters. The lowest BCUT2D eigenvalue weighted by Gasteiger charge is -2.22. The third kappa shape index (κ3) is 4.06. The summed E-state index contributed by atoms with van der Waals surface area (Å²) >= 11 is 0. The Balaban J connectivity index is 1.62. The molecule has 3 rings (SSSR count). The number of pyridine rings is 1. The number of hydrogen-bond donors (Lipinski definition) is 3. The first-order chi connectivity index (χ1) is 12.0. The number of urea groups is 1. The summed E-state index contributed by atoms with van der Waals surface area (Å²) in [5.74, 6) is 0.443. The SMILES string of the molecule is C[C@H](NC(=O)N[C@H](C)c1ccc2c(c1)NC(=O)CO2)c1cccnc1. The van der Waals surface area contributed by atoms with E-state index >= 15 is 0 Å². The highest BCUT2D eigenvalue weighted by Crippen LogP contribution is 2.30. The molecule has 0 fully saturated rings. The zero-order chi connectivity index (χ0) is 17.8. The number of hydrogen-bond acceptors (Lipinski definition) is 4. The number of amides is 3. The second-order valence-electron chi connectivity index (χ2n) is 5.94. The first-order valence-electron chi connectivity index (χ1n) is 8.06. The summed E-state index contributed by atoms with van der Waals surface area (Å²) < 4.78 is 5.34. The fourth-order valence-electron chi connectivity index (χ4n) is 2.60. The molecule has 0 saturated heterocycles. The topological polar surface area (TPSA) is 92.4 Å². The third-order valence-corrected chi connectivity index (χ3v) is 4.02. The Morgan fingerprint density at radius 2 is 1.96 bits per heavy atom. The Labute approximate surface area is 145 Å². The Morgan fingerprint density at radius 3 is 2.68 bits per heavy atom. The molecule has 0 unspecified atom stereocenters. The fourth-order valence-corrected chi connectivity index (χ4v) is 2.60. The van der Waals surface area contributed by atoms with Gasteiger partial charge in [0.15, 0.2) is 6.61 Å². The standard InChI is InChI=1S/C18H20N4O3/c1-11(13-5-6-16-15(8-13)22-17(23)10-25-16)20-18(24)21-12(2)14-4-3-7-19-9-14/h3-9,11-12H,10H2,1-2H3,(H,22,23)(H2,20,21,24)/t11-,12+/m1/s1. The average molecular weight is 340 g/mol. The fraction of sp³-hybridized carbons (Fsp3) is 0.278. The van der Waals surface area contributed by atoms with Gasteiger partial charge in [-0.2, -0.15) is 0 Å². The highest BCUT2D eigenvalue weighted by molar-refractivity contribution is 5.95. The number of nitrogens with one attached hydrogen (secondary N) is 3. The van der Waals surface area contributed by atoms with Gasteiger partial charge in [-0.05, 0) is 43.2 Å². The normalized spacial score (nSPS) is 15.2. The van der Waals surface area contributed by atoms with Crippen molar-refractivity contribution in [3.05, 3.63) is 53.9 Å². The second kappa shape index (κ2) is 7.21. The highest BCUT2D eigenvalue weighted by atomic mass is 16.5. The van der Waals surface area contributed by atoms with Gasteiger partial charge >= 0.3 is 6.03 Å². The zero-order valence-corrected chi connectivity index (χ0v) is 14.1. The molecule has 7 heteroatoms. The molecule has 3 amide bonds. The first kappa shape index (κ1) is 16.8. The summed E-state index contributed by atoms with van der Waals surface area (Å²) in [6.45, 7) is 3.80. The smallest absolute Gasteiger partial charge is 0.315 e. The van der Waals surface area contributed by atoms with E-state index < -0.39 is 0 Å². The maximum Gasteiger partial charge on any atom is 0.315 e. The number of anilines is 1. The molecule has 25 heavy (non-hydrogen) atoms. The Bertz CT molecular complexity index is 779. The Hall–Kier alpha value is -3.09. The molecule has 7 nitrogen and oxygen atoms in total. The molecule has 0 saturated carbocycles. The Morgan fingerprint density at radius 1 is 1.20 bits per heavy atom. The average Bonchev–Trinajstić information content (AvgIpc) is 2.61. The summed E-state index contributed by atoms with van der Waals surface area (Å²) in [5.41, 5.74) is 2.42. The molecule has 1 aliphatic heterocycles. The molecule has 2 aromatic rings. The molecular weight excluding hydrogens is 320 g/mol. The van der Waals surface area contributed by atoms with Crippen LogP contribution in [0.1, 0.15) is 37.1 Å². The van der Waals surface area contributed by atoms with E-state index in [0.29, 0.717) is 11.4 Å². The lowest BCUT2D eigenvalue weighted by Crippen LogP contribution is -2.38. The van der Waals surface area contributed by atoms with Crippen LogP contribution in [-0.4, -0.2) is 23.5 Å². The summed E-state index contributed by atoms with van der Waals surface area (Å²) in [5, 5.41) is 8.54. The van der Waals surface area contributed by atoms with Gasteiger partial charge in [-0.1, -0.05) is 12.1 Å². The lowest BCUT2D eigenvalue weighted by atomic mass is 10.1. The van der Waals surface area contributed by atoms with Crippen LogP contribution in [0.3, 0.4) is 0 Å². The number of fused-ring (bicyclic) bond motifs is 1. The van der Waals surface area contributed by atoms with Crippen molar-refractivity contribution in [2.75, 3.05) is 11.9 Å². The van der Waals surface area contributed by atoms with E-state index in [1.807, 2.05) is 38.1 Å². The minimum absolute atomic E-state index is 0.0226. The number of ether oxygens (including phenoxy) is 1. The maximum absolute atomic E-state index is 12.2. The van der Waals surface area contributed by atoms with Crippen LogP contribution in [0, 0.1) is 0 Å². The van der Waals surface area contributed by atoms with Crippen LogP contribution in [0.5, 0.6) is 5.75 Å². The van der Waals surface area contributed by atoms with Crippen LogP contribution in [-0.2, 0) is 4.79 Å². The van der Waals surface area contributed by atoms with Crippen molar-refractivity contribution in [3.8, 4) is 5.75 Å². The number of aromatic nitrogens is 1. The van der Waals surface area contributed by atoms with Crippen molar-refractivity contribution >= 4 is 17.6 Å². The monoisotopic (exact) mass is 340 g/mol. The van der Waals surface area contributed by atoms with Crippen molar-refractivity contribution in [2.45, 2.75) is 25.9 Å². The molecule has 0 aliphatic carbocycles. The first-order valence-corrected chi connectivity index (χ1v) is 8.06. The van der Waals surface area contributed by atoms with Crippen LogP contribution in [0.15, 0.2) is 42.7 Å². The third-order valence-electron chi connectivity index (χ3n) is 4.02. The van der Waals surface area contributed by atoms with Crippen LogP contribution >= 0.6 is 0 Å². The van der Waals surface area contributed by atoms with Gasteiger partial charge in [0, 0.05) is 12.4 Å². The van der Waals surface area contributed by atoms with Gasteiger partial charge in [-0.15, -0.1) is 0 Å². The molecule has 3 N–H and O–H groups in total. The van der Waals surface area contributed by atoms with Crippen LogP contribution in [0.25, 0.3) is 0 Å². The molecule has 130 valence electrons. The minimum atomic E-state index is -0.276. The molecule has 0 spiro atoms. The van der Waals surface area contributed by atoms with Gasteiger partial charge in [0.1, 0.15) is 5.75 Å². The van der Waals surface area contributed by atoms with E-state index in [4.69, 9.17) is 4.74 Å². The van der Waals surface area contributed by atoms with Crippen LogP contribution in [0.2, 0.25) is 0 Å². The second-order valence-corrected chi connectivity index (χ2v) is 5.94. The lowest BCUT2D eigenvalue weighted by molar-refractivity contribution is -0.118. The van der Waals surface area contributed by atoms with Crippen molar-refractivity contribution in [1.29, 1.82) is 0 Å². The van der Waals surface area contributed by atoms with Gasteiger partial charge in [0.05, 0.1) is 17.8 Å². The van der Waals surface area contributed by atoms with E-state index in [0.717, 1.165) is 11.1 Å². The number of carbonyl (C=O) groups is 2. The van der Waals surface area contributed by atoms with E-state index in [9.17, 15) is 9.59 Å². The van der Waals surface area contributed by atoms with E-state index in [-0.39, 0.29) is 30.6 Å². The molecule has 1 aromatic heterocycles. The predicted octanol–water partition coefficient (Wildman–Crippen LogP) is 2.53. The van der Waals surface area contributed by atoms with Gasteiger partial charge in [-0.3, -0.25) is 9.78 Å². The van der Waals surface area contributed by atoms with Crippen molar-refractivity contribution < 1.29 is 14.3 Å².